The van der Waals surface area contributed by atoms with Gasteiger partial charge in [-0.2, -0.15) is 0 Å². The first-order chi connectivity index (χ1) is 12.1. The van der Waals surface area contributed by atoms with E-state index in [4.69, 9.17) is 13.9 Å². The van der Waals surface area contributed by atoms with Gasteiger partial charge < -0.3 is 19.2 Å². The molecule has 0 aliphatic carbocycles. The largest absolute Gasteiger partial charge is 0.425 e. The van der Waals surface area contributed by atoms with Gasteiger partial charge in [0.05, 0.1) is 19.1 Å². The first-order valence-corrected chi connectivity index (χ1v) is 8.45. The van der Waals surface area contributed by atoms with Crippen LogP contribution in [-0.4, -0.2) is 41.7 Å². The van der Waals surface area contributed by atoms with Crippen LogP contribution in [0.5, 0.6) is 0 Å². The molecule has 0 radical (unpaired) electrons. The number of hydrogen-bond acceptors (Lipinski definition) is 6. The lowest BCUT2D eigenvalue weighted by molar-refractivity contribution is -0.146. The van der Waals surface area contributed by atoms with Gasteiger partial charge in [0.15, 0.2) is 5.79 Å². The lowest BCUT2D eigenvalue weighted by atomic mass is 9.95. The number of amides is 1. The van der Waals surface area contributed by atoms with Crippen LogP contribution in [0.1, 0.15) is 43.0 Å². The summed E-state index contributed by atoms with van der Waals surface area (Å²) in [6.07, 6.45) is 0.846. The quantitative estimate of drug-likeness (QED) is 0.828. The molecule has 134 valence electrons. The minimum Gasteiger partial charge on any atom is -0.425 e. The summed E-state index contributed by atoms with van der Waals surface area (Å²) >= 11 is 0. The number of hydrogen-bond donors (Lipinski definition) is 1. The van der Waals surface area contributed by atoms with E-state index in [9.17, 15) is 4.79 Å². The summed E-state index contributed by atoms with van der Waals surface area (Å²) in [5.41, 5.74) is 0.968. The molecule has 0 bridgehead atoms. The summed E-state index contributed by atoms with van der Waals surface area (Å²) in [5.74, 6) is -0.00765. The van der Waals surface area contributed by atoms with Gasteiger partial charge in [-0.05, 0) is 12.5 Å². The Labute approximate surface area is 146 Å². The molecular formula is C18H23N3O4. The molecule has 1 amide bonds. The number of nitrogens with one attached hydrogen (secondary N) is 1. The first-order valence-electron chi connectivity index (χ1n) is 8.45. The van der Waals surface area contributed by atoms with E-state index in [0.29, 0.717) is 38.0 Å². The number of carbonyl (C=O) groups excluding carboxylic acids is 1. The second-order valence-electron chi connectivity index (χ2n) is 6.26. The normalized spacial score (nSPS) is 17.4. The summed E-state index contributed by atoms with van der Waals surface area (Å²) < 4.78 is 16.6. The molecule has 3 rings (SSSR count). The van der Waals surface area contributed by atoms with Crippen molar-refractivity contribution in [2.24, 2.45) is 0 Å². The van der Waals surface area contributed by atoms with Crippen LogP contribution in [0.25, 0.3) is 0 Å². The van der Waals surface area contributed by atoms with E-state index >= 15 is 0 Å². The third kappa shape index (κ3) is 4.64. The molecule has 0 spiro atoms. The second-order valence-corrected chi connectivity index (χ2v) is 6.26. The fourth-order valence-electron chi connectivity index (χ4n) is 2.87. The molecule has 1 N–H and O–H groups in total. The Balaban J connectivity index is 1.61. The smallest absolute Gasteiger partial charge is 0.224 e. The number of benzene rings is 1. The van der Waals surface area contributed by atoms with Crippen molar-refractivity contribution in [1.82, 2.24) is 15.5 Å². The van der Waals surface area contributed by atoms with Gasteiger partial charge in [0.25, 0.3) is 0 Å². The SMILES string of the molecule is Cc1nnc(C(CC(=O)NCCC2(C)OCCO2)c2ccccc2)o1. The molecule has 7 heteroatoms. The van der Waals surface area contributed by atoms with Gasteiger partial charge >= 0.3 is 0 Å². The number of nitrogens with zero attached hydrogens (tertiary/aromatic N) is 2. The zero-order chi connectivity index (χ0) is 17.7. The third-order valence-corrected chi connectivity index (χ3v) is 4.23. The summed E-state index contributed by atoms with van der Waals surface area (Å²) in [7, 11) is 0. The van der Waals surface area contributed by atoms with Crippen LogP contribution in [0.2, 0.25) is 0 Å². The van der Waals surface area contributed by atoms with Gasteiger partial charge in [0.2, 0.25) is 17.7 Å². The minimum atomic E-state index is -0.601. The highest BCUT2D eigenvalue weighted by Gasteiger charge is 2.30. The molecule has 1 fully saturated rings. The highest BCUT2D eigenvalue weighted by Crippen LogP contribution is 2.27. The Morgan fingerprint density at radius 2 is 1.96 bits per heavy atom. The van der Waals surface area contributed by atoms with Crippen molar-refractivity contribution < 1.29 is 18.7 Å². The molecule has 1 aromatic carbocycles. The first kappa shape index (κ1) is 17.6. The van der Waals surface area contributed by atoms with E-state index in [2.05, 4.69) is 15.5 Å². The van der Waals surface area contributed by atoms with E-state index in [1.807, 2.05) is 37.3 Å². The molecule has 7 nitrogen and oxygen atoms in total. The Hall–Kier alpha value is -2.25. The number of rotatable bonds is 7. The van der Waals surface area contributed by atoms with Gasteiger partial charge in [0, 0.05) is 26.3 Å². The number of carbonyl (C=O) groups is 1. The Kier molecular flexibility index (Phi) is 5.45. The van der Waals surface area contributed by atoms with Crippen molar-refractivity contribution in [2.45, 2.75) is 38.4 Å². The summed E-state index contributed by atoms with van der Waals surface area (Å²) in [5, 5.41) is 10.9. The van der Waals surface area contributed by atoms with Crippen molar-refractivity contribution in [2.75, 3.05) is 19.8 Å². The number of aryl methyl sites for hydroxylation is 1. The molecule has 25 heavy (non-hydrogen) atoms. The van der Waals surface area contributed by atoms with Crippen molar-refractivity contribution in [3.05, 3.63) is 47.7 Å². The van der Waals surface area contributed by atoms with E-state index in [1.54, 1.807) is 6.92 Å². The van der Waals surface area contributed by atoms with Crippen molar-refractivity contribution in [1.29, 1.82) is 0 Å². The van der Waals surface area contributed by atoms with Gasteiger partial charge in [-0.25, -0.2) is 0 Å². The van der Waals surface area contributed by atoms with E-state index in [-0.39, 0.29) is 18.2 Å². The van der Waals surface area contributed by atoms with Crippen LogP contribution >= 0.6 is 0 Å². The highest BCUT2D eigenvalue weighted by molar-refractivity contribution is 5.77. The fraction of sp³-hybridized carbons (Fsp3) is 0.500. The number of aromatic nitrogens is 2. The maximum atomic E-state index is 12.4. The Morgan fingerprint density at radius 3 is 2.60 bits per heavy atom. The van der Waals surface area contributed by atoms with Gasteiger partial charge in [-0.1, -0.05) is 30.3 Å². The van der Waals surface area contributed by atoms with Crippen molar-refractivity contribution in [3.8, 4) is 0 Å². The lowest BCUT2D eigenvalue weighted by Crippen LogP contribution is -2.34. The van der Waals surface area contributed by atoms with E-state index < -0.39 is 5.79 Å². The summed E-state index contributed by atoms with van der Waals surface area (Å²) in [6.45, 7) is 5.30. The van der Waals surface area contributed by atoms with E-state index in [1.165, 1.54) is 0 Å². The predicted molar refractivity (Wildman–Crippen MR) is 89.9 cm³/mol. The van der Waals surface area contributed by atoms with Gasteiger partial charge in [0.1, 0.15) is 0 Å². The molecule has 1 aliphatic rings. The van der Waals surface area contributed by atoms with E-state index in [0.717, 1.165) is 5.56 Å². The molecule has 1 atom stereocenters. The van der Waals surface area contributed by atoms with Crippen LogP contribution < -0.4 is 5.32 Å². The molecule has 1 unspecified atom stereocenters. The Morgan fingerprint density at radius 1 is 1.24 bits per heavy atom. The topological polar surface area (TPSA) is 86.5 Å². The maximum absolute atomic E-state index is 12.4. The zero-order valence-electron chi connectivity index (χ0n) is 14.5. The summed E-state index contributed by atoms with van der Waals surface area (Å²) in [4.78, 5) is 12.4. The second kappa shape index (κ2) is 7.76. The monoisotopic (exact) mass is 345 g/mol. The third-order valence-electron chi connectivity index (χ3n) is 4.23. The average molecular weight is 345 g/mol. The van der Waals surface area contributed by atoms with Gasteiger partial charge in [-0.3, -0.25) is 4.79 Å². The average Bonchev–Trinajstić information content (AvgIpc) is 3.22. The standard InChI is InChI=1S/C18H23N3O4/c1-13-20-21-17(25-13)15(14-6-4-3-5-7-14)12-16(22)19-9-8-18(2)23-10-11-24-18/h3-7,15H,8-12H2,1-2H3,(H,19,22). The molecule has 0 saturated carbocycles. The highest BCUT2D eigenvalue weighted by atomic mass is 16.7. The van der Waals surface area contributed by atoms with Crippen LogP contribution in [0.3, 0.4) is 0 Å². The van der Waals surface area contributed by atoms with Crippen LogP contribution in [0.4, 0.5) is 0 Å². The molecular weight excluding hydrogens is 322 g/mol. The molecule has 2 heterocycles. The Bertz CT molecular complexity index is 695. The minimum absolute atomic E-state index is 0.0775. The van der Waals surface area contributed by atoms with Crippen LogP contribution in [-0.2, 0) is 14.3 Å². The molecule has 1 aromatic heterocycles. The maximum Gasteiger partial charge on any atom is 0.224 e. The van der Waals surface area contributed by atoms with Crippen LogP contribution in [0, 0.1) is 6.92 Å². The zero-order valence-corrected chi connectivity index (χ0v) is 14.5. The number of ether oxygens (including phenoxy) is 2. The molecule has 2 aromatic rings. The fourth-order valence-corrected chi connectivity index (χ4v) is 2.87. The van der Waals surface area contributed by atoms with Crippen molar-refractivity contribution >= 4 is 5.91 Å². The van der Waals surface area contributed by atoms with Gasteiger partial charge in [-0.15, -0.1) is 10.2 Å². The molecule has 1 aliphatic heterocycles. The predicted octanol–water partition coefficient (Wildman–Crippen LogP) is 2.17. The van der Waals surface area contributed by atoms with Crippen LogP contribution in [0.15, 0.2) is 34.7 Å². The molecule has 1 saturated heterocycles. The van der Waals surface area contributed by atoms with Crippen molar-refractivity contribution in [3.63, 3.8) is 0 Å². The lowest BCUT2D eigenvalue weighted by Gasteiger charge is -2.22. The summed E-state index contributed by atoms with van der Waals surface area (Å²) in [6, 6.07) is 9.71.